The van der Waals surface area contributed by atoms with Gasteiger partial charge in [-0.1, -0.05) is 36.4 Å². The fourth-order valence-corrected chi connectivity index (χ4v) is 3.38. The number of furan rings is 1. The predicted molar refractivity (Wildman–Crippen MR) is 95.5 cm³/mol. The van der Waals surface area contributed by atoms with Crippen LogP contribution in [0.3, 0.4) is 0 Å². The van der Waals surface area contributed by atoms with E-state index in [1.165, 1.54) is 21.5 Å². The zero-order valence-corrected chi connectivity index (χ0v) is 12.9. The van der Waals surface area contributed by atoms with E-state index in [0.717, 1.165) is 23.5 Å². The van der Waals surface area contributed by atoms with E-state index in [9.17, 15) is 0 Å². The Morgan fingerprint density at radius 2 is 1.70 bits per heavy atom. The molecule has 0 aliphatic carbocycles. The Bertz CT molecular complexity index is 1080. The van der Waals surface area contributed by atoms with Gasteiger partial charge in [-0.2, -0.15) is 0 Å². The molecule has 0 spiro atoms. The molecule has 1 aromatic heterocycles. The standard InChI is InChI=1S/C20H16N2O/c1-21-9-10-22(13-21)18-8-4-7-16-17-11-14-5-2-3-6-15(14)12-19(17)23-20(16)18/h2-12H,13H2,1H3. The zero-order valence-electron chi connectivity index (χ0n) is 12.9. The van der Waals surface area contributed by atoms with Crippen LogP contribution in [0.1, 0.15) is 0 Å². The Hall–Kier alpha value is -2.94. The molecule has 3 aromatic carbocycles. The monoisotopic (exact) mass is 300 g/mol. The Labute approximate surface area is 134 Å². The topological polar surface area (TPSA) is 19.6 Å². The average molecular weight is 300 g/mol. The summed E-state index contributed by atoms with van der Waals surface area (Å²) < 4.78 is 6.25. The van der Waals surface area contributed by atoms with E-state index in [0.29, 0.717) is 0 Å². The third-order valence-corrected chi connectivity index (χ3v) is 4.53. The van der Waals surface area contributed by atoms with Crippen LogP contribution in [0.5, 0.6) is 0 Å². The van der Waals surface area contributed by atoms with Gasteiger partial charge in [-0.05, 0) is 29.0 Å². The molecule has 0 unspecified atom stereocenters. The molecule has 5 rings (SSSR count). The lowest BCUT2D eigenvalue weighted by Crippen LogP contribution is -2.21. The Morgan fingerprint density at radius 3 is 2.48 bits per heavy atom. The number of para-hydroxylation sites is 1. The summed E-state index contributed by atoms with van der Waals surface area (Å²) in [6.45, 7) is 0.845. The lowest BCUT2D eigenvalue weighted by Gasteiger charge is -2.18. The molecule has 3 heteroatoms. The first kappa shape index (κ1) is 12.6. The van der Waals surface area contributed by atoms with Gasteiger partial charge in [-0.25, -0.2) is 0 Å². The van der Waals surface area contributed by atoms with Crippen molar-refractivity contribution in [1.82, 2.24) is 4.90 Å². The average Bonchev–Trinajstić information content (AvgIpc) is 3.16. The zero-order chi connectivity index (χ0) is 15.4. The van der Waals surface area contributed by atoms with E-state index in [1.807, 2.05) is 0 Å². The summed E-state index contributed by atoms with van der Waals surface area (Å²) in [5.74, 6) is 0. The molecule has 1 aliphatic rings. The van der Waals surface area contributed by atoms with Crippen molar-refractivity contribution in [3.05, 3.63) is 67.0 Å². The van der Waals surface area contributed by atoms with Gasteiger partial charge in [0.1, 0.15) is 5.58 Å². The minimum Gasteiger partial charge on any atom is -0.454 e. The second-order valence-corrected chi connectivity index (χ2v) is 6.12. The van der Waals surface area contributed by atoms with E-state index in [-0.39, 0.29) is 0 Å². The highest BCUT2D eigenvalue weighted by Gasteiger charge is 2.17. The highest BCUT2D eigenvalue weighted by molar-refractivity contribution is 6.12. The molecule has 0 saturated heterocycles. The number of benzene rings is 3. The van der Waals surface area contributed by atoms with Crippen LogP contribution in [0.25, 0.3) is 32.7 Å². The molecule has 0 amide bonds. The van der Waals surface area contributed by atoms with Crippen LogP contribution >= 0.6 is 0 Å². The minimum atomic E-state index is 0.845. The highest BCUT2D eigenvalue weighted by Crippen LogP contribution is 2.37. The van der Waals surface area contributed by atoms with Crippen LogP contribution in [0.4, 0.5) is 5.69 Å². The minimum absolute atomic E-state index is 0.845. The summed E-state index contributed by atoms with van der Waals surface area (Å²) in [5, 5.41) is 4.80. The first-order valence-corrected chi connectivity index (χ1v) is 7.79. The molecular weight excluding hydrogens is 284 g/mol. The van der Waals surface area contributed by atoms with Crippen molar-refractivity contribution in [2.45, 2.75) is 0 Å². The maximum atomic E-state index is 6.25. The summed E-state index contributed by atoms with van der Waals surface area (Å²) in [5.41, 5.74) is 3.02. The van der Waals surface area contributed by atoms with Crippen LogP contribution < -0.4 is 4.90 Å². The summed E-state index contributed by atoms with van der Waals surface area (Å²) in [6, 6.07) is 19.1. The Kier molecular flexibility index (Phi) is 2.48. The van der Waals surface area contributed by atoms with Crippen LogP contribution in [0.2, 0.25) is 0 Å². The molecule has 1 aliphatic heterocycles. The van der Waals surface area contributed by atoms with E-state index in [1.54, 1.807) is 0 Å². The molecule has 2 heterocycles. The molecule has 0 N–H and O–H groups in total. The second-order valence-electron chi connectivity index (χ2n) is 6.12. The van der Waals surface area contributed by atoms with Gasteiger partial charge in [0.25, 0.3) is 0 Å². The molecule has 0 radical (unpaired) electrons. The summed E-state index contributed by atoms with van der Waals surface area (Å²) in [6.07, 6.45) is 4.17. The lowest BCUT2D eigenvalue weighted by molar-refractivity contribution is 0.495. The number of fused-ring (bicyclic) bond motifs is 4. The van der Waals surface area contributed by atoms with Gasteiger partial charge >= 0.3 is 0 Å². The fourth-order valence-electron chi connectivity index (χ4n) is 3.38. The molecule has 0 fully saturated rings. The largest absolute Gasteiger partial charge is 0.454 e. The summed E-state index contributed by atoms with van der Waals surface area (Å²) in [4.78, 5) is 4.36. The SMILES string of the molecule is CN1C=CN(c2cccc3c2oc2cc4ccccc4cc23)C1. The molecule has 23 heavy (non-hydrogen) atoms. The highest BCUT2D eigenvalue weighted by atomic mass is 16.3. The van der Waals surface area contributed by atoms with Crippen molar-refractivity contribution in [3.63, 3.8) is 0 Å². The first-order valence-electron chi connectivity index (χ1n) is 7.79. The third kappa shape index (κ3) is 1.83. The van der Waals surface area contributed by atoms with E-state index < -0.39 is 0 Å². The molecule has 0 bridgehead atoms. The Morgan fingerprint density at radius 1 is 0.870 bits per heavy atom. The van der Waals surface area contributed by atoms with Crippen LogP contribution in [-0.4, -0.2) is 18.6 Å². The second kappa shape index (κ2) is 4.53. The van der Waals surface area contributed by atoms with E-state index in [4.69, 9.17) is 4.42 Å². The number of anilines is 1. The third-order valence-electron chi connectivity index (χ3n) is 4.53. The maximum absolute atomic E-state index is 6.25. The van der Waals surface area contributed by atoms with Crippen molar-refractivity contribution in [3.8, 4) is 0 Å². The number of nitrogens with zero attached hydrogens (tertiary/aromatic N) is 2. The Balaban J connectivity index is 1.82. The van der Waals surface area contributed by atoms with Gasteiger partial charge < -0.3 is 14.2 Å². The number of hydrogen-bond acceptors (Lipinski definition) is 3. The molecule has 3 nitrogen and oxygen atoms in total. The van der Waals surface area contributed by atoms with Crippen molar-refractivity contribution in [1.29, 1.82) is 0 Å². The van der Waals surface area contributed by atoms with E-state index >= 15 is 0 Å². The molecule has 0 atom stereocenters. The van der Waals surface area contributed by atoms with Crippen LogP contribution in [0, 0.1) is 0 Å². The lowest BCUT2D eigenvalue weighted by atomic mass is 10.1. The fraction of sp³-hybridized carbons (Fsp3) is 0.100. The van der Waals surface area contributed by atoms with Crippen molar-refractivity contribution >= 4 is 38.4 Å². The smallest absolute Gasteiger partial charge is 0.159 e. The first-order chi connectivity index (χ1) is 11.3. The van der Waals surface area contributed by atoms with E-state index in [2.05, 4.69) is 83.8 Å². The van der Waals surface area contributed by atoms with Crippen molar-refractivity contribution in [2.24, 2.45) is 0 Å². The molecule has 0 saturated carbocycles. The molecule has 112 valence electrons. The quantitative estimate of drug-likeness (QED) is 0.497. The summed E-state index contributed by atoms with van der Waals surface area (Å²) >= 11 is 0. The van der Waals surface area contributed by atoms with Gasteiger partial charge in [0, 0.05) is 30.2 Å². The normalized spacial score (nSPS) is 14.7. The summed E-state index contributed by atoms with van der Waals surface area (Å²) in [7, 11) is 2.07. The van der Waals surface area contributed by atoms with Crippen LogP contribution in [0.15, 0.2) is 71.4 Å². The van der Waals surface area contributed by atoms with Gasteiger partial charge in [-0.3, -0.25) is 0 Å². The van der Waals surface area contributed by atoms with Crippen LogP contribution in [-0.2, 0) is 0 Å². The van der Waals surface area contributed by atoms with Gasteiger partial charge in [0.05, 0.1) is 12.4 Å². The maximum Gasteiger partial charge on any atom is 0.159 e. The molecular formula is C20H16N2O. The van der Waals surface area contributed by atoms with Gasteiger partial charge in [-0.15, -0.1) is 0 Å². The predicted octanol–water partition coefficient (Wildman–Crippen LogP) is 4.92. The number of rotatable bonds is 1. The molecule has 4 aromatic rings. The van der Waals surface area contributed by atoms with Gasteiger partial charge in [0.15, 0.2) is 5.58 Å². The number of hydrogen-bond donors (Lipinski definition) is 0. The van der Waals surface area contributed by atoms with Gasteiger partial charge in [0.2, 0.25) is 0 Å². The van der Waals surface area contributed by atoms with Crippen molar-refractivity contribution in [2.75, 3.05) is 18.6 Å². The van der Waals surface area contributed by atoms with Crippen molar-refractivity contribution < 1.29 is 4.42 Å².